The summed E-state index contributed by atoms with van der Waals surface area (Å²) in [5, 5.41) is 2.97. The molecule has 1 heterocycles. The van der Waals surface area contributed by atoms with Crippen molar-refractivity contribution in [3.05, 3.63) is 65.2 Å². The Morgan fingerprint density at radius 3 is 2.62 bits per heavy atom. The number of nitrogens with zero attached hydrogens (tertiary/aromatic N) is 1. The Morgan fingerprint density at radius 1 is 1.08 bits per heavy atom. The van der Waals surface area contributed by atoms with Crippen LogP contribution in [0.4, 0.5) is 5.69 Å². The quantitative estimate of drug-likeness (QED) is 0.920. The third-order valence-corrected chi connectivity index (χ3v) is 4.39. The third kappa shape index (κ3) is 3.82. The van der Waals surface area contributed by atoms with E-state index in [1.54, 1.807) is 11.8 Å². The van der Waals surface area contributed by atoms with Crippen molar-refractivity contribution in [1.29, 1.82) is 0 Å². The van der Waals surface area contributed by atoms with Gasteiger partial charge in [0, 0.05) is 32.1 Å². The minimum Gasteiger partial charge on any atom is -0.352 e. The Balaban J connectivity index is 1.52. The molecule has 2 aromatic rings. The molecule has 2 aromatic carbocycles. The number of amides is 2. The van der Waals surface area contributed by atoms with E-state index in [0.29, 0.717) is 13.0 Å². The number of benzene rings is 2. The largest absolute Gasteiger partial charge is 0.352 e. The molecule has 3 rings (SSSR count). The maximum absolute atomic E-state index is 12.0. The highest BCUT2D eigenvalue weighted by Gasteiger charge is 2.21. The summed E-state index contributed by atoms with van der Waals surface area (Å²) in [6.45, 7) is 2.87. The molecular weight excluding hydrogens is 300 g/mol. The lowest BCUT2D eigenvalue weighted by Crippen LogP contribution is -2.25. The van der Waals surface area contributed by atoms with E-state index in [4.69, 9.17) is 0 Å². The van der Waals surface area contributed by atoms with Crippen molar-refractivity contribution in [3.63, 3.8) is 0 Å². The van der Waals surface area contributed by atoms with E-state index in [1.807, 2.05) is 42.5 Å². The van der Waals surface area contributed by atoms with Crippen LogP contribution < -0.4 is 10.2 Å². The van der Waals surface area contributed by atoms with Crippen LogP contribution in [0.3, 0.4) is 0 Å². The van der Waals surface area contributed by atoms with Crippen LogP contribution in [0.1, 0.15) is 30.0 Å². The van der Waals surface area contributed by atoms with E-state index in [9.17, 15) is 9.59 Å². The Hall–Kier alpha value is -2.62. The van der Waals surface area contributed by atoms with Crippen LogP contribution in [0.2, 0.25) is 0 Å². The average molecular weight is 322 g/mol. The van der Waals surface area contributed by atoms with Crippen molar-refractivity contribution in [2.75, 3.05) is 11.4 Å². The van der Waals surface area contributed by atoms with Gasteiger partial charge in [-0.1, -0.05) is 42.5 Å². The first-order valence-electron chi connectivity index (χ1n) is 8.34. The van der Waals surface area contributed by atoms with Gasteiger partial charge < -0.3 is 10.2 Å². The van der Waals surface area contributed by atoms with Gasteiger partial charge in [0.05, 0.1) is 0 Å². The number of hydrogen-bond acceptors (Lipinski definition) is 2. The maximum atomic E-state index is 12.0. The fraction of sp³-hybridized carbons (Fsp3) is 0.300. The minimum absolute atomic E-state index is 0.0599. The summed E-state index contributed by atoms with van der Waals surface area (Å²) < 4.78 is 0. The lowest BCUT2D eigenvalue weighted by molar-refractivity contribution is -0.121. The van der Waals surface area contributed by atoms with E-state index in [2.05, 4.69) is 11.4 Å². The van der Waals surface area contributed by atoms with Crippen molar-refractivity contribution in [2.45, 2.75) is 32.7 Å². The van der Waals surface area contributed by atoms with E-state index >= 15 is 0 Å². The summed E-state index contributed by atoms with van der Waals surface area (Å²) in [7, 11) is 0. The standard InChI is InChI=1S/C20H22N2O2/c1-15(23)22-12-11-18-13-17(7-9-19(18)22)14-21-20(24)10-8-16-5-3-2-4-6-16/h2-7,9,13H,8,10-12,14H2,1H3,(H,21,24). The average Bonchev–Trinajstić information content (AvgIpc) is 3.02. The number of anilines is 1. The Labute approximate surface area is 142 Å². The van der Waals surface area contributed by atoms with Crippen LogP contribution in [0.25, 0.3) is 0 Å². The van der Waals surface area contributed by atoms with E-state index in [1.165, 1.54) is 11.1 Å². The van der Waals surface area contributed by atoms with Gasteiger partial charge in [-0.15, -0.1) is 0 Å². The first kappa shape index (κ1) is 16.2. The molecule has 0 saturated heterocycles. The van der Waals surface area contributed by atoms with Crippen LogP contribution in [0.5, 0.6) is 0 Å². The molecule has 0 unspecified atom stereocenters. The molecule has 24 heavy (non-hydrogen) atoms. The summed E-state index contributed by atoms with van der Waals surface area (Å²) in [6.07, 6.45) is 2.13. The normalized spacial score (nSPS) is 12.8. The second-order valence-corrected chi connectivity index (χ2v) is 6.15. The van der Waals surface area contributed by atoms with Crippen molar-refractivity contribution in [1.82, 2.24) is 5.32 Å². The lowest BCUT2D eigenvalue weighted by atomic mass is 10.1. The lowest BCUT2D eigenvalue weighted by Gasteiger charge is -2.15. The molecule has 0 fully saturated rings. The van der Waals surface area contributed by atoms with Crippen LogP contribution in [0.15, 0.2) is 48.5 Å². The summed E-state index contributed by atoms with van der Waals surface area (Å²) in [6, 6.07) is 16.1. The number of hydrogen-bond donors (Lipinski definition) is 1. The van der Waals surface area contributed by atoms with E-state index in [0.717, 1.165) is 30.6 Å². The van der Waals surface area contributed by atoms with Crippen LogP contribution in [-0.4, -0.2) is 18.4 Å². The number of fused-ring (bicyclic) bond motifs is 1. The number of nitrogens with one attached hydrogen (secondary N) is 1. The Bertz CT molecular complexity index is 741. The molecule has 1 N–H and O–H groups in total. The van der Waals surface area contributed by atoms with Crippen molar-refractivity contribution >= 4 is 17.5 Å². The number of carbonyl (C=O) groups excluding carboxylic acids is 2. The predicted molar refractivity (Wildman–Crippen MR) is 94.8 cm³/mol. The van der Waals surface area contributed by atoms with Crippen molar-refractivity contribution in [3.8, 4) is 0 Å². The molecule has 0 aliphatic carbocycles. The Kier molecular flexibility index (Phi) is 4.94. The minimum atomic E-state index is 0.0599. The highest BCUT2D eigenvalue weighted by Crippen LogP contribution is 2.28. The zero-order chi connectivity index (χ0) is 16.9. The summed E-state index contributed by atoms with van der Waals surface area (Å²) in [4.78, 5) is 25.4. The fourth-order valence-electron chi connectivity index (χ4n) is 3.08. The van der Waals surface area contributed by atoms with Crippen LogP contribution in [0, 0.1) is 0 Å². The molecule has 0 atom stereocenters. The van der Waals surface area contributed by atoms with Gasteiger partial charge >= 0.3 is 0 Å². The van der Waals surface area contributed by atoms with Gasteiger partial charge in [-0.3, -0.25) is 9.59 Å². The summed E-state index contributed by atoms with van der Waals surface area (Å²) in [5.74, 6) is 0.139. The molecule has 0 saturated carbocycles. The van der Waals surface area contributed by atoms with Gasteiger partial charge in [-0.05, 0) is 35.6 Å². The van der Waals surface area contributed by atoms with Crippen LogP contribution in [-0.2, 0) is 29.0 Å². The summed E-state index contributed by atoms with van der Waals surface area (Å²) >= 11 is 0. The highest BCUT2D eigenvalue weighted by molar-refractivity contribution is 5.93. The number of carbonyl (C=O) groups is 2. The second kappa shape index (κ2) is 7.30. The van der Waals surface area contributed by atoms with Crippen molar-refractivity contribution in [2.24, 2.45) is 0 Å². The summed E-state index contributed by atoms with van der Waals surface area (Å²) in [5.41, 5.74) is 4.43. The smallest absolute Gasteiger partial charge is 0.223 e. The van der Waals surface area contributed by atoms with Gasteiger partial charge in [0.1, 0.15) is 0 Å². The van der Waals surface area contributed by atoms with Gasteiger partial charge in [0.2, 0.25) is 11.8 Å². The van der Waals surface area contributed by atoms with Crippen molar-refractivity contribution < 1.29 is 9.59 Å². The molecular formula is C20H22N2O2. The monoisotopic (exact) mass is 322 g/mol. The predicted octanol–water partition coefficient (Wildman–Crippen LogP) is 2.84. The molecule has 2 amide bonds. The highest BCUT2D eigenvalue weighted by atomic mass is 16.2. The molecule has 124 valence electrons. The first-order chi connectivity index (χ1) is 11.6. The molecule has 0 spiro atoms. The maximum Gasteiger partial charge on any atom is 0.223 e. The molecule has 0 aromatic heterocycles. The van der Waals surface area contributed by atoms with Gasteiger partial charge in [0.25, 0.3) is 0 Å². The van der Waals surface area contributed by atoms with E-state index < -0.39 is 0 Å². The van der Waals surface area contributed by atoms with Crippen LogP contribution >= 0.6 is 0 Å². The zero-order valence-corrected chi connectivity index (χ0v) is 13.9. The van der Waals surface area contributed by atoms with Gasteiger partial charge in [0.15, 0.2) is 0 Å². The van der Waals surface area contributed by atoms with Gasteiger partial charge in [-0.25, -0.2) is 0 Å². The second-order valence-electron chi connectivity index (χ2n) is 6.15. The fourth-order valence-corrected chi connectivity index (χ4v) is 3.08. The molecule has 0 bridgehead atoms. The molecule has 1 aliphatic rings. The third-order valence-electron chi connectivity index (χ3n) is 4.39. The topological polar surface area (TPSA) is 49.4 Å². The van der Waals surface area contributed by atoms with Gasteiger partial charge in [-0.2, -0.15) is 0 Å². The molecule has 4 nitrogen and oxygen atoms in total. The molecule has 0 radical (unpaired) electrons. The van der Waals surface area contributed by atoms with E-state index in [-0.39, 0.29) is 11.8 Å². The molecule has 4 heteroatoms. The first-order valence-corrected chi connectivity index (χ1v) is 8.34. The SMILES string of the molecule is CC(=O)N1CCc2cc(CNC(=O)CCc3ccccc3)ccc21. The number of aryl methyl sites for hydroxylation is 1. The zero-order valence-electron chi connectivity index (χ0n) is 13.9. The Morgan fingerprint density at radius 2 is 1.88 bits per heavy atom. The molecule has 1 aliphatic heterocycles. The number of rotatable bonds is 5.